The Balaban J connectivity index is 1.46. The number of aromatic amines is 1. The minimum absolute atomic E-state index is 0.245. The number of hydrogen-bond donors (Lipinski definition) is 2. The lowest BCUT2D eigenvalue weighted by Crippen LogP contribution is -2.47. The van der Waals surface area contributed by atoms with Crippen molar-refractivity contribution in [3.05, 3.63) is 60.6 Å². The van der Waals surface area contributed by atoms with Gasteiger partial charge in [-0.25, -0.2) is 18.7 Å². The smallest absolute Gasteiger partial charge is 0.164 e. The molecule has 3 fully saturated rings. The molecule has 3 aliphatic rings. The number of hydrogen-bond acceptors (Lipinski definition) is 4. The molecule has 7 rings (SSSR count). The van der Waals surface area contributed by atoms with Gasteiger partial charge in [-0.1, -0.05) is 6.92 Å². The molecule has 33 heavy (non-hydrogen) atoms. The van der Waals surface area contributed by atoms with Crippen LogP contribution in [0.4, 0.5) is 14.6 Å². The first-order valence-corrected chi connectivity index (χ1v) is 11.6. The summed E-state index contributed by atoms with van der Waals surface area (Å²) in [5, 5.41) is 4.14. The molecule has 0 radical (unpaired) electrons. The van der Waals surface area contributed by atoms with E-state index in [0.717, 1.165) is 29.1 Å². The molecule has 3 heterocycles. The fourth-order valence-corrected chi connectivity index (χ4v) is 5.82. The molecule has 7 heteroatoms. The molecule has 0 amide bonds. The van der Waals surface area contributed by atoms with Gasteiger partial charge in [0.2, 0.25) is 0 Å². The first-order chi connectivity index (χ1) is 16.1. The van der Waals surface area contributed by atoms with Crippen molar-refractivity contribution in [2.24, 2.45) is 17.8 Å². The van der Waals surface area contributed by atoms with Gasteiger partial charge in [0.25, 0.3) is 0 Å². The molecule has 2 N–H and O–H groups in total. The van der Waals surface area contributed by atoms with Crippen LogP contribution in [0, 0.1) is 29.4 Å². The number of fused-ring (bicyclic) bond motifs is 4. The lowest BCUT2D eigenvalue weighted by atomic mass is 9.62. The summed E-state index contributed by atoms with van der Waals surface area (Å²) >= 11 is 0. The van der Waals surface area contributed by atoms with E-state index < -0.39 is 11.6 Å². The van der Waals surface area contributed by atoms with Crippen LogP contribution >= 0.6 is 0 Å². The van der Waals surface area contributed by atoms with Crippen LogP contribution in [0.3, 0.4) is 0 Å². The van der Waals surface area contributed by atoms with Crippen LogP contribution in [-0.2, 0) is 0 Å². The van der Waals surface area contributed by atoms with Gasteiger partial charge in [0, 0.05) is 53.3 Å². The summed E-state index contributed by atoms with van der Waals surface area (Å²) in [6, 6.07) is 8.32. The molecule has 0 spiro atoms. The SMILES string of the molecule is C[C@H]1C2CCC(CC2)[C@@H]1Nc1cc(-c2cccnc2)nc(-c2c[nH]c3c(F)cc(F)cc23)n1. The van der Waals surface area contributed by atoms with Crippen LogP contribution < -0.4 is 5.32 Å². The number of nitrogens with zero attached hydrogens (tertiary/aromatic N) is 3. The summed E-state index contributed by atoms with van der Waals surface area (Å²) < 4.78 is 28.3. The van der Waals surface area contributed by atoms with Crippen LogP contribution in [-0.4, -0.2) is 26.0 Å². The Morgan fingerprint density at radius 2 is 1.85 bits per heavy atom. The van der Waals surface area contributed by atoms with Gasteiger partial charge in [0.15, 0.2) is 5.82 Å². The Bertz CT molecular complexity index is 1310. The summed E-state index contributed by atoms with van der Waals surface area (Å²) in [5.41, 5.74) is 2.39. The van der Waals surface area contributed by atoms with Crippen molar-refractivity contribution in [2.75, 3.05) is 5.32 Å². The Morgan fingerprint density at radius 3 is 2.61 bits per heavy atom. The maximum atomic E-state index is 14.3. The van der Waals surface area contributed by atoms with Crippen molar-refractivity contribution in [2.45, 2.75) is 38.6 Å². The summed E-state index contributed by atoms with van der Waals surface area (Å²) in [6.45, 7) is 2.34. The molecule has 0 unspecified atom stereocenters. The van der Waals surface area contributed by atoms with Gasteiger partial charge in [-0.3, -0.25) is 4.98 Å². The minimum atomic E-state index is -0.634. The second-order valence-electron chi connectivity index (χ2n) is 9.42. The molecule has 0 aliphatic heterocycles. The van der Waals surface area contributed by atoms with Gasteiger partial charge >= 0.3 is 0 Å². The van der Waals surface area contributed by atoms with E-state index in [1.807, 2.05) is 18.2 Å². The fourth-order valence-electron chi connectivity index (χ4n) is 5.82. The van der Waals surface area contributed by atoms with Crippen molar-refractivity contribution in [3.8, 4) is 22.6 Å². The van der Waals surface area contributed by atoms with Crippen LogP contribution in [0.25, 0.3) is 33.5 Å². The van der Waals surface area contributed by atoms with Crippen molar-refractivity contribution >= 4 is 16.7 Å². The van der Waals surface area contributed by atoms with E-state index in [0.29, 0.717) is 34.7 Å². The molecule has 3 saturated carbocycles. The van der Waals surface area contributed by atoms with E-state index in [4.69, 9.17) is 9.97 Å². The number of halogens is 2. The number of benzene rings is 1. The van der Waals surface area contributed by atoms with Crippen molar-refractivity contribution in [3.63, 3.8) is 0 Å². The zero-order chi connectivity index (χ0) is 22.5. The molecule has 0 saturated heterocycles. The Hall–Kier alpha value is -3.35. The van der Waals surface area contributed by atoms with Gasteiger partial charge < -0.3 is 10.3 Å². The maximum absolute atomic E-state index is 14.3. The second kappa shape index (κ2) is 7.90. The Morgan fingerprint density at radius 1 is 1.03 bits per heavy atom. The fraction of sp³-hybridized carbons (Fsp3) is 0.346. The van der Waals surface area contributed by atoms with E-state index >= 15 is 0 Å². The highest BCUT2D eigenvalue weighted by molar-refractivity contribution is 5.94. The third kappa shape index (κ3) is 3.56. The molecular weight excluding hydrogens is 420 g/mol. The lowest BCUT2D eigenvalue weighted by molar-refractivity contribution is 0.0928. The Labute approximate surface area is 190 Å². The first kappa shape index (κ1) is 20.3. The summed E-state index contributed by atoms with van der Waals surface area (Å²) in [5.74, 6) is 1.86. The van der Waals surface area contributed by atoms with Gasteiger partial charge in [-0.2, -0.15) is 0 Å². The lowest BCUT2D eigenvalue weighted by Gasteiger charge is -2.47. The predicted octanol–water partition coefficient (Wildman–Crippen LogP) is 6.20. The minimum Gasteiger partial charge on any atom is -0.367 e. The van der Waals surface area contributed by atoms with E-state index in [1.165, 1.54) is 31.7 Å². The van der Waals surface area contributed by atoms with E-state index in [-0.39, 0.29) is 5.52 Å². The quantitative estimate of drug-likeness (QED) is 0.392. The van der Waals surface area contributed by atoms with Crippen LogP contribution in [0.2, 0.25) is 0 Å². The molecule has 168 valence electrons. The third-order valence-corrected chi connectivity index (χ3v) is 7.58. The summed E-state index contributed by atoms with van der Waals surface area (Å²) in [7, 11) is 0. The number of anilines is 1. The third-order valence-electron chi connectivity index (χ3n) is 7.58. The Kier molecular flexibility index (Phi) is 4.85. The highest BCUT2D eigenvalue weighted by atomic mass is 19.1. The van der Waals surface area contributed by atoms with Crippen molar-refractivity contribution in [1.29, 1.82) is 0 Å². The molecule has 2 bridgehead atoms. The monoisotopic (exact) mass is 445 g/mol. The highest BCUT2D eigenvalue weighted by Gasteiger charge is 2.41. The van der Waals surface area contributed by atoms with Gasteiger partial charge in [0.1, 0.15) is 17.5 Å². The zero-order valence-corrected chi connectivity index (χ0v) is 18.4. The number of aromatic nitrogens is 4. The molecule has 5 nitrogen and oxygen atoms in total. The van der Waals surface area contributed by atoms with E-state index in [1.54, 1.807) is 18.6 Å². The standard InChI is InChI=1S/C26H25F2N5/c1-14-15-4-6-16(7-5-15)24(14)32-23-11-22(17-3-2-8-29-12-17)31-26(33-23)20-13-30-25-19(20)9-18(27)10-21(25)28/h2-3,8-16,24,30H,4-7H2,1H3,(H,31,32,33)/t14-,15?,16?,24+/m0/s1. The first-order valence-electron chi connectivity index (χ1n) is 11.6. The number of pyridine rings is 1. The van der Waals surface area contributed by atoms with Gasteiger partial charge in [0.05, 0.1) is 11.2 Å². The second-order valence-corrected chi connectivity index (χ2v) is 9.42. The molecule has 2 atom stereocenters. The molecule has 3 aliphatic carbocycles. The zero-order valence-electron chi connectivity index (χ0n) is 18.4. The number of rotatable bonds is 4. The molecule has 1 aromatic carbocycles. The van der Waals surface area contributed by atoms with Gasteiger partial charge in [-0.05, 0) is 61.6 Å². The average Bonchev–Trinajstić information content (AvgIpc) is 3.26. The topological polar surface area (TPSA) is 66.5 Å². The highest BCUT2D eigenvalue weighted by Crippen LogP contribution is 2.46. The van der Waals surface area contributed by atoms with Crippen LogP contribution in [0.1, 0.15) is 32.6 Å². The molecule has 4 aromatic rings. The average molecular weight is 446 g/mol. The van der Waals surface area contributed by atoms with Crippen LogP contribution in [0.5, 0.6) is 0 Å². The summed E-state index contributed by atoms with van der Waals surface area (Å²) in [4.78, 5) is 16.7. The van der Waals surface area contributed by atoms with E-state index in [2.05, 4.69) is 22.2 Å². The van der Waals surface area contributed by atoms with Gasteiger partial charge in [-0.15, -0.1) is 0 Å². The molecular formula is C26H25F2N5. The number of nitrogens with one attached hydrogen (secondary N) is 2. The largest absolute Gasteiger partial charge is 0.367 e. The van der Waals surface area contributed by atoms with Crippen LogP contribution in [0.15, 0.2) is 48.9 Å². The van der Waals surface area contributed by atoms with Crippen molar-refractivity contribution < 1.29 is 8.78 Å². The predicted molar refractivity (Wildman–Crippen MR) is 124 cm³/mol. The van der Waals surface area contributed by atoms with Crippen molar-refractivity contribution in [1.82, 2.24) is 19.9 Å². The number of H-pyrrole nitrogens is 1. The summed E-state index contributed by atoms with van der Waals surface area (Å²) in [6.07, 6.45) is 10.2. The maximum Gasteiger partial charge on any atom is 0.164 e. The molecule has 3 aromatic heterocycles. The van der Waals surface area contributed by atoms with E-state index in [9.17, 15) is 8.78 Å². The normalized spacial score (nSPS) is 24.3.